The Morgan fingerprint density at radius 1 is 0.833 bits per heavy atom. The molecule has 0 unspecified atom stereocenters. The molecule has 3 aromatic carbocycles. The molecule has 5 heteroatoms. The van der Waals surface area contributed by atoms with Gasteiger partial charge in [0.15, 0.2) is 0 Å². The van der Waals surface area contributed by atoms with Gasteiger partial charge in [-0.25, -0.2) is 8.42 Å². The fourth-order valence-electron chi connectivity index (χ4n) is 5.05. The zero-order valence-electron chi connectivity index (χ0n) is 17.1. The lowest BCUT2D eigenvalue weighted by Gasteiger charge is -2.32. The van der Waals surface area contributed by atoms with Gasteiger partial charge in [-0.3, -0.25) is 4.90 Å². The summed E-state index contributed by atoms with van der Waals surface area (Å²) in [6.07, 6.45) is 0.918. The molecule has 0 bridgehead atoms. The smallest absolute Gasteiger partial charge is 0.244 e. The van der Waals surface area contributed by atoms with Crippen LogP contribution >= 0.6 is 0 Å². The number of rotatable bonds is 4. The van der Waals surface area contributed by atoms with E-state index in [4.69, 9.17) is 0 Å². The van der Waals surface area contributed by atoms with Gasteiger partial charge >= 0.3 is 0 Å². The van der Waals surface area contributed by atoms with E-state index in [1.165, 1.54) is 11.1 Å². The molecule has 2 heterocycles. The molecule has 2 saturated heterocycles. The van der Waals surface area contributed by atoms with Crippen molar-refractivity contribution >= 4 is 10.0 Å². The van der Waals surface area contributed by atoms with Gasteiger partial charge in [-0.15, -0.1) is 0 Å². The van der Waals surface area contributed by atoms with Crippen molar-refractivity contribution in [1.82, 2.24) is 9.21 Å². The number of hydrogen-bond acceptors (Lipinski definition) is 3. The van der Waals surface area contributed by atoms with Crippen molar-refractivity contribution < 1.29 is 8.42 Å². The van der Waals surface area contributed by atoms with Gasteiger partial charge in [0.05, 0.1) is 11.6 Å². The van der Waals surface area contributed by atoms with Gasteiger partial charge in [-0.05, 0) is 36.6 Å². The Hall–Kier alpha value is -2.47. The summed E-state index contributed by atoms with van der Waals surface area (Å²) in [6, 6.07) is 28.7. The van der Waals surface area contributed by atoms with E-state index < -0.39 is 10.0 Å². The first-order valence-corrected chi connectivity index (χ1v) is 11.8. The summed E-state index contributed by atoms with van der Waals surface area (Å²) in [5, 5.41) is 0. The molecule has 4 nitrogen and oxygen atoms in total. The maximum Gasteiger partial charge on any atom is 0.244 e. The van der Waals surface area contributed by atoms with Crippen molar-refractivity contribution in [2.45, 2.75) is 29.7 Å². The van der Waals surface area contributed by atoms with Gasteiger partial charge in [0.2, 0.25) is 10.0 Å². The van der Waals surface area contributed by atoms with Gasteiger partial charge in [-0.2, -0.15) is 4.31 Å². The van der Waals surface area contributed by atoms with Crippen LogP contribution in [0, 0.1) is 6.92 Å². The molecule has 2 aliphatic rings. The summed E-state index contributed by atoms with van der Waals surface area (Å²) < 4.78 is 28.0. The van der Waals surface area contributed by atoms with Crippen molar-refractivity contribution in [3.63, 3.8) is 0 Å². The SMILES string of the molecule is Cc1ccc(S(=O)(=O)N2C[C@@H]3CC(c4ccccc4)(c4ccccc4)CN3C2)cc1. The second kappa shape index (κ2) is 7.34. The minimum atomic E-state index is -3.47. The summed E-state index contributed by atoms with van der Waals surface area (Å²) in [5.74, 6) is 0. The molecule has 1 atom stereocenters. The van der Waals surface area contributed by atoms with Crippen LogP contribution in [0.1, 0.15) is 23.1 Å². The maximum absolute atomic E-state index is 13.2. The molecule has 30 heavy (non-hydrogen) atoms. The van der Waals surface area contributed by atoms with Gasteiger partial charge in [0.1, 0.15) is 0 Å². The summed E-state index contributed by atoms with van der Waals surface area (Å²) in [7, 11) is -3.47. The first-order valence-electron chi connectivity index (χ1n) is 10.4. The molecular formula is C25H26N2O2S. The van der Waals surface area contributed by atoms with Crippen LogP contribution in [0.2, 0.25) is 0 Å². The number of sulfonamides is 1. The highest BCUT2D eigenvalue weighted by Gasteiger charge is 2.51. The summed E-state index contributed by atoms with van der Waals surface area (Å²) >= 11 is 0. The van der Waals surface area contributed by atoms with E-state index in [0.29, 0.717) is 18.1 Å². The van der Waals surface area contributed by atoms with E-state index in [1.54, 1.807) is 16.4 Å². The highest BCUT2D eigenvalue weighted by Crippen LogP contribution is 2.46. The minimum absolute atomic E-state index is 0.104. The largest absolute Gasteiger partial charge is 0.284 e. The average Bonchev–Trinajstić information content (AvgIpc) is 3.33. The van der Waals surface area contributed by atoms with Gasteiger partial charge in [0, 0.05) is 24.5 Å². The molecule has 0 radical (unpaired) electrons. The van der Waals surface area contributed by atoms with Gasteiger partial charge in [-0.1, -0.05) is 78.4 Å². The Bertz CT molecular complexity index is 1070. The second-order valence-corrected chi connectivity index (χ2v) is 10.5. The Labute approximate surface area is 178 Å². The Morgan fingerprint density at radius 3 is 1.93 bits per heavy atom. The van der Waals surface area contributed by atoms with E-state index in [1.807, 2.05) is 31.2 Å². The first kappa shape index (κ1) is 19.5. The van der Waals surface area contributed by atoms with Crippen molar-refractivity contribution in [1.29, 1.82) is 0 Å². The summed E-state index contributed by atoms with van der Waals surface area (Å²) in [4.78, 5) is 2.72. The lowest BCUT2D eigenvalue weighted by Crippen LogP contribution is -2.37. The molecule has 0 aliphatic carbocycles. The Kier molecular flexibility index (Phi) is 4.77. The standard InChI is InChI=1S/C25H26N2O2S/c1-20-12-14-24(15-13-20)30(28,29)27-17-23-16-25(18-26(23)19-27,21-8-4-2-5-9-21)22-10-6-3-7-11-22/h2-15,23H,16-19H2,1H3/t23-/m0/s1. The second-order valence-electron chi connectivity index (χ2n) is 8.51. The Balaban J connectivity index is 1.44. The van der Waals surface area contributed by atoms with E-state index in [9.17, 15) is 8.42 Å². The van der Waals surface area contributed by atoms with Gasteiger partial charge in [0.25, 0.3) is 0 Å². The minimum Gasteiger partial charge on any atom is -0.284 e. The van der Waals surface area contributed by atoms with Crippen LogP contribution in [-0.2, 0) is 15.4 Å². The molecular weight excluding hydrogens is 392 g/mol. The molecule has 154 valence electrons. The number of fused-ring (bicyclic) bond motifs is 1. The monoisotopic (exact) mass is 418 g/mol. The van der Waals surface area contributed by atoms with E-state index in [0.717, 1.165) is 18.5 Å². The fraction of sp³-hybridized carbons (Fsp3) is 0.280. The van der Waals surface area contributed by atoms with Crippen LogP contribution in [0.3, 0.4) is 0 Å². The predicted molar refractivity (Wildman–Crippen MR) is 119 cm³/mol. The number of nitrogens with zero attached hydrogens (tertiary/aromatic N) is 2. The molecule has 0 spiro atoms. The molecule has 3 aromatic rings. The number of benzene rings is 3. The van der Waals surface area contributed by atoms with Crippen LogP contribution < -0.4 is 0 Å². The molecule has 0 aromatic heterocycles. The van der Waals surface area contributed by atoms with Crippen LogP contribution in [0.5, 0.6) is 0 Å². The third kappa shape index (κ3) is 3.18. The number of hydrogen-bond donors (Lipinski definition) is 0. The molecule has 0 amide bonds. The average molecular weight is 419 g/mol. The van der Waals surface area contributed by atoms with Crippen molar-refractivity contribution in [3.8, 4) is 0 Å². The molecule has 2 aliphatic heterocycles. The summed E-state index contributed by atoms with van der Waals surface area (Å²) in [6.45, 7) is 3.78. The third-order valence-corrected chi connectivity index (χ3v) is 8.45. The zero-order valence-corrected chi connectivity index (χ0v) is 17.9. The predicted octanol–water partition coefficient (Wildman–Crippen LogP) is 4.02. The lowest BCUT2D eigenvalue weighted by atomic mass is 9.73. The van der Waals surface area contributed by atoms with Crippen LogP contribution in [-0.4, -0.2) is 43.4 Å². The molecule has 5 rings (SSSR count). The lowest BCUT2D eigenvalue weighted by molar-refractivity contribution is 0.292. The van der Waals surface area contributed by atoms with Crippen LogP contribution in [0.25, 0.3) is 0 Å². The first-order chi connectivity index (χ1) is 14.5. The van der Waals surface area contributed by atoms with Crippen LogP contribution in [0.15, 0.2) is 89.8 Å². The molecule has 0 N–H and O–H groups in total. The zero-order chi connectivity index (χ0) is 20.8. The Morgan fingerprint density at radius 2 is 1.40 bits per heavy atom. The fourth-order valence-corrected chi connectivity index (χ4v) is 6.49. The van der Waals surface area contributed by atoms with Crippen molar-refractivity contribution in [3.05, 3.63) is 102 Å². The van der Waals surface area contributed by atoms with E-state index in [2.05, 4.69) is 53.4 Å². The quantitative estimate of drug-likeness (QED) is 0.643. The summed E-state index contributed by atoms with van der Waals surface area (Å²) in [5.41, 5.74) is 3.57. The highest BCUT2D eigenvalue weighted by atomic mass is 32.2. The maximum atomic E-state index is 13.2. The van der Waals surface area contributed by atoms with Crippen molar-refractivity contribution in [2.75, 3.05) is 19.8 Å². The number of aryl methyl sites for hydroxylation is 1. The van der Waals surface area contributed by atoms with E-state index >= 15 is 0 Å². The molecule has 2 fully saturated rings. The van der Waals surface area contributed by atoms with Crippen LogP contribution in [0.4, 0.5) is 0 Å². The van der Waals surface area contributed by atoms with E-state index in [-0.39, 0.29) is 11.5 Å². The normalized spacial score (nSPS) is 21.6. The topological polar surface area (TPSA) is 40.6 Å². The van der Waals surface area contributed by atoms with Gasteiger partial charge < -0.3 is 0 Å². The highest BCUT2D eigenvalue weighted by molar-refractivity contribution is 7.89. The van der Waals surface area contributed by atoms with Crippen molar-refractivity contribution in [2.24, 2.45) is 0 Å². The third-order valence-electron chi connectivity index (χ3n) is 6.64. The molecule has 0 saturated carbocycles.